The lowest BCUT2D eigenvalue weighted by Gasteiger charge is -2.18. The van der Waals surface area contributed by atoms with Crippen molar-refractivity contribution >= 4 is 15.9 Å². The molecule has 0 saturated heterocycles. The summed E-state index contributed by atoms with van der Waals surface area (Å²) in [7, 11) is 1.56. The number of hydrogen-bond donors (Lipinski definition) is 1. The first-order chi connectivity index (χ1) is 7.63. The minimum Gasteiger partial charge on any atom is -0.496 e. The number of aliphatic hydroxyl groups is 1. The first kappa shape index (κ1) is 13.0. The molecule has 3 nitrogen and oxygen atoms in total. The third kappa shape index (κ3) is 2.75. The van der Waals surface area contributed by atoms with Crippen LogP contribution in [0.4, 0.5) is 0 Å². The molecule has 1 aromatic carbocycles. The average Bonchev–Trinajstić information content (AvgIpc) is 2.30. The molecule has 0 heterocycles. The smallest absolute Gasteiger partial charge is 0.123 e. The van der Waals surface area contributed by atoms with E-state index in [4.69, 9.17) is 10.00 Å². The van der Waals surface area contributed by atoms with Gasteiger partial charge in [0, 0.05) is 10.0 Å². The van der Waals surface area contributed by atoms with E-state index in [1.165, 1.54) is 0 Å². The summed E-state index contributed by atoms with van der Waals surface area (Å²) in [4.78, 5) is 0. The van der Waals surface area contributed by atoms with Crippen molar-refractivity contribution in [2.75, 3.05) is 7.11 Å². The molecule has 0 fully saturated rings. The Morgan fingerprint density at radius 2 is 2.25 bits per heavy atom. The van der Waals surface area contributed by atoms with Crippen molar-refractivity contribution in [3.8, 4) is 11.8 Å². The molecule has 1 aromatic rings. The van der Waals surface area contributed by atoms with Crippen LogP contribution >= 0.6 is 15.9 Å². The van der Waals surface area contributed by atoms with Crippen molar-refractivity contribution in [1.29, 1.82) is 5.26 Å². The molecule has 16 heavy (non-hydrogen) atoms. The average molecular weight is 284 g/mol. The monoisotopic (exact) mass is 283 g/mol. The predicted molar refractivity (Wildman–Crippen MR) is 65.3 cm³/mol. The Morgan fingerprint density at radius 1 is 1.56 bits per heavy atom. The normalized spacial score (nSPS) is 13.9. The Morgan fingerprint density at radius 3 is 2.75 bits per heavy atom. The minimum absolute atomic E-state index is 0.536. The van der Waals surface area contributed by atoms with Gasteiger partial charge in [-0.15, -0.1) is 0 Å². The number of benzene rings is 1. The maximum absolute atomic E-state index is 9.79. The molecule has 86 valence electrons. The Labute approximate surface area is 104 Å². The summed E-state index contributed by atoms with van der Waals surface area (Å²) in [6, 6.07) is 7.56. The van der Waals surface area contributed by atoms with Crippen LogP contribution in [0.3, 0.4) is 0 Å². The fourth-order valence-corrected chi connectivity index (χ4v) is 1.93. The number of ether oxygens (including phenoxy) is 1. The van der Waals surface area contributed by atoms with Crippen molar-refractivity contribution in [1.82, 2.24) is 0 Å². The summed E-state index contributed by atoms with van der Waals surface area (Å²) < 4.78 is 6.06. The van der Waals surface area contributed by atoms with Crippen molar-refractivity contribution in [3.05, 3.63) is 28.2 Å². The molecule has 2 unspecified atom stereocenters. The number of hydrogen-bond acceptors (Lipinski definition) is 3. The van der Waals surface area contributed by atoms with Gasteiger partial charge in [-0.3, -0.25) is 0 Å². The van der Waals surface area contributed by atoms with Crippen molar-refractivity contribution in [3.63, 3.8) is 0 Å². The number of rotatable bonds is 4. The van der Waals surface area contributed by atoms with Gasteiger partial charge in [-0.05, 0) is 24.6 Å². The molecule has 0 aromatic heterocycles. The van der Waals surface area contributed by atoms with E-state index >= 15 is 0 Å². The molecule has 0 radical (unpaired) electrons. The van der Waals surface area contributed by atoms with Crippen LogP contribution in [-0.4, -0.2) is 18.3 Å². The molecule has 2 atom stereocenters. The summed E-state index contributed by atoms with van der Waals surface area (Å²) in [6.07, 6.45) is -0.137. The SMILES string of the molecule is CCC(O)C(C#N)c1cc(Br)ccc1OC. The first-order valence-corrected chi connectivity index (χ1v) is 5.84. The van der Waals surface area contributed by atoms with Crippen LogP contribution in [0.5, 0.6) is 5.75 Å². The molecule has 1 N–H and O–H groups in total. The van der Waals surface area contributed by atoms with Crippen LogP contribution in [0, 0.1) is 11.3 Å². The molecule has 4 heteroatoms. The van der Waals surface area contributed by atoms with Crippen LogP contribution in [0.25, 0.3) is 0 Å². The molecule has 1 rings (SSSR count). The van der Waals surface area contributed by atoms with Crippen LogP contribution in [0.1, 0.15) is 24.8 Å². The summed E-state index contributed by atoms with van der Waals surface area (Å²) in [6.45, 7) is 1.85. The first-order valence-electron chi connectivity index (χ1n) is 5.05. The van der Waals surface area contributed by atoms with Gasteiger partial charge in [0.05, 0.1) is 19.3 Å². The van der Waals surface area contributed by atoms with E-state index in [0.29, 0.717) is 17.7 Å². The van der Waals surface area contributed by atoms with Crippen molar-refractivity contribution in [2.45, 2.75) is 25.4 Å². The third-order valence-corrected chi connectivity index (χ3v) is 2.96. The quantitative estimate of drug-likeness (QED) is 0.925. The van der Waals surface area contributed by atoms with Crippen LogP contribution in [0.2, 0.25) is 0 Å². The predicted octanol–water partition coefficient (Wildman–Crippen LogP) is 2.84. The molecule has 0 saturated carbocycles. The molecule has 0 spiro atoms. The molecular weight excluding hydrogens is 270 g/mol. The topological polar surface area (TPSA) is 53.2 Å². The van der Waals surface area contributed by atoms with E-state index in [1.807, 2.05) is 19.1 Å². The lowest BCUT2D eigenvalue weighted by atomic mass is 9.92. The van der Waals surface area contributed by atoms with Crippen molar-refractivity contribution in [2.24, 2.45) is 0 Å². The van der Waals surface area contributed by atoms with Gasteiger partial charge in [-0.1, -0.05) is 22.9 Å². The number of methoxy groups -OCH3 is 1. The molecular formula is C12H14BrNO2. The van der Waals surface area contributed by atoms with Gasteiger partial charge in [0.2, 0.25) is 0 Å². The summed E-state index contributed by atoms with van der Waals surface area (Å²) >= 11 is 3.35. The van der Waals surface area contributed by atoms with Gasteiger partial charge < -0.3 is 9.84 Å². The second kappa shape index (κ2) is 5.88. The maximum Gasteiger partial charge on any atom is 0.123 e. The Balaban J connectivity index is 3.18. The highest BCUT2D eigenvalue weighted by atomic mass is 79.9. The molecule has 0 aliphatic carbocycles. The van der Waals surface area contributed by atoms with Gasteiger partial charge in [-0.2, -0.15) is 5.26 Å². The van der Waals surface area contributed by atoms with Crippen LogP contribution in [0.15, 0.2) is 22.7 Å². The van der Waals surface area contributed by atoms with Crippen LogP contribution < -0.4 is 4.74 Å². The zero-order valence-electron chi connectivity index (χ0n) is 9.27. The zero-order chi connectivity index (χ0) is 12.1. The van der Waals surface area contributed by atoms with Gasteiger partial charge >= 0.3 is 0 Å². The highest BCUT2D eigenvalue weighted by Gasteiger charge is 2.22. The van der Waals surface area contributed by atoms with Gasteiger partial charge in [0.25, 0.3) is 0 Å². The highest BCUT2D eigenvalue weighted by molar-refractivity contribution is 9.10. The lowest BCUT2D eigenvalue weighted by Crippen LogP contribution is -2.16. The van der Waals surface area contributed by atoms with E-state index in [9.17, 15) is 5.11 Å². The van der Waals surface area contributed by atoms with E-state index in [1.54, 1.807) is 13.2 Å². The standard InChI is InChI=1S/C12H14BrNO2/c1-3-11(15)10(7-14)9-6-8(13)4-5-12(9)16-2/h4-6,10-11,15H,3H2,1-2H3. The largest absolute Gasteiger partial charge is 0.496 e. The van der Waals surface area contributed by atoms with E-state index in [-0.39, 0.29) is 0 Å². The second-order valence-electron chi connectivity index (χ2n) is 3.47. The van der Waals surface area contributed by atoms with Crippen LogP contribution in [-0.2, 0) is 0 Å². The summed E-state index contributed by atoms with van der Waals surface area (Å²) in [5.74, 6) is 0.0692. The Bertz CT molecular complexity index is 400. The van der Waals surface area contributed by atoms with E-state index in [2.05, 4.69) is 22.0 Å². The van der Waals surface area contributed by atoms with Gasteiger partial charge in [-0.25, -0.2) is 0 Å². The van der Waals surface area contributed by atoms with E-state index in [0.717, 1.165) is 4.47 Å². The van der Waals surface area contributed by atoms with E-state index < -0.39 is 12.0 Å². The van der Waals surface area contributed by atoms with Gasteiger partial charge in [0.15, 0.2) is 0 Å². The number of halogens is 1. The minimum atomic E-state index is -0.673. The third-order valence-electron chi connectivity index (χ3n) is 2.47. The fraction of sp³-hybridized carbons (Fsp3) is 0.417. The molecule has 0 bridgehead atoms. The lowest BCUT2D eigenvalue weighted by molar-refractivity contribution is 0.156. The molecule has 0 amide bonds. The summed E-state index contributed by atoms with van der Waals surface area (Å²) in [5, 5.41) is 18.9. The number of nitrogens with zero attached hydrogens (tertiary/aromatic N) is 1. The fourth-order valence-electron chi connectivity index (χ4n) is 1.55. The highest BCUT2D eigenvalue weighted by Crippen LogP contribution is 2.32. The maximum atomic E-state index is 9.79. The molecule has 0 aliphatic rings. The Hall–Kier alpha value is -1.05. The number of nitriles is 1. The zero-order valence-corrected chi connectivity index (χ0v) is 10.9. The Kier molecular flexibility index (Phi) is 4.78. The number of aliphatic hydroxyl groups excluding tert-OH is 1. The van der Waals surface area contributed by atoms with Crippen molar-refractivity contribution < 1.29 is 9.84 Å². The molecule has 0 aliphatic heterocycles. The second-order valence-corrected chi connectivity index (χ2v) is 4.38. The van der Waals surface area contributed by atoms with Gasteiger partial charge in [0.1, 0.15) is 11.7 Å². The summed E-state index contributed by atoms with van der Waals surface area (Å²) in [5.41, 5.74) is 0.716.